The van der Waals surface area contributed by atoms with Crippen molar-refractivity contribution < 1.29 is 9.47 Å². The zero-order chi connectivity index (χ0) is 14.9. The number of fused-ring (bicyclic) bond motifs is 1. The number of benzene rings is 1. The van der Waals surface area contributed by atoms with Crippen LogP contribution in [0.25, 0.3) is 11.0 Å². The largest absolute Gasteiger partial charge is 0.492 e. The molecule has 22 heavy (non-hydrogen) atoms. The van der Waals surface area contributed by atoms with E-state index in [1.165, 1.54) is 19.3 Å². The van der Waals surface area contributed by atoms with Crippen molar-refractivity contribution in [2.24, 2.45) is 11.8 Å². The summed E-state index contributed by atoms with van der Waals surface area (Å²) < 4.78 is 14.4. The normalized spacial score (nSPS) is 22.1. The van der Waals surface area contributed by atoms with Crippen LogP contribution in [0.4, 0.5) is 0 Å². The van der Waals surface area contributed by atoms with E-state index in [-0.39, 0.29) is 0 Å². The van der Waals surface area contributed by atoms with Crippen LogP contribution in [0, 0.1) is 11.8 Å². The van der Waals surface area contributed by atoms with Gasteiger partial charge in [0.15, 0.2) is 0 Å². The molecule has 5 nitrogen and oxygen atoms in total. The highest BCUT2D eigenvalue weighted by Gasteiger charge is 2.24. The lowest BCUT2D eigenvalue weighted by atomic mass is 10.0. The summed E-state index contributed by atoms with van der Waals surface area (Å²) in [5.41, 5.74) is 1.96. The van der Waals surface area contributed by atoms with E-state index >= 15 is 0 Å². The van der Waals surface area contributed by atoms with Crippen molar-refractivity contribution in [1.29, 1.82) is 0 Å². The summed E-state index contributed by atoms with van der Waals surface area (Å²) in [6.45, 7) is 3.36. The Morgan fingerprint density at radius 3 is 2.95 bits per heavy atom. The fourth-order valence-corrected chi connectivity index (χ4v) is 3.45. The van der Waals surface area contributed by atoms with Crippen molar-refractivity contribution in [3.63, 3.8) is 0 Å². The smallest absolute Gasteiger partial charge is 0.135 e. The molecule has 0 bridgehead atoms. The first-order valence-electron chi connectivity index (χ1n) is 8.03. The van der Waals surface area contributed by atoms with E-state index in [0.717, 1.165) is 53.4 Å². The summed E-state index contributed by atoms with van der Waals surface area (Å²) in [6, 6.07) is 4.08. The van der Waals surface area contributed by atoms with Crippen molar-refractivity contribution in [3.05, 3.63) is 16.6 Å². The number of hydrogen-bond acceptors (Lipinski definition) is 4. The summed E-state index contributed by atoms with van der Waals surface area (Å²) in [5, 5.41) is 8.60. The highest BCUT2D eigenvalue weighted by Crippen LogP contribution is 2.35. The van der Waals surface area contributed by atoms with Gasteiger partial charge in [0.1, 0.15) is 11.3 Å². The Morgan fingerprint density at radius 2 is 2.18 bits per heavy atom. The fourth-order valence-electron chi connectivity index (χ4n) is 2.92. The van der Waals surface area contributed by atoms with Gasteiger partial charge in [-0.05, 0) is 59.7 Å². The van der Waals surface area contributed by atoms with E-state index in [1.807, 2.05) is 10.7 Å². The Hall–Kier alpha value is -1.14. The van der Waals surface area contributed by atoms with Gasteiger partial charge in [0.05, 0.1) is 23.2 Å². The van der Waals surface area contributed by atoms with Gasteiger partial charge in [-0.3, -0.25) is 0 Å². The molecule has 0 N–H and O–H groups in total. The molecule has 2 fully saturated rings. The molecule has 118 valence electrons. The van der Waals surface area contributed by atoms with E-state index in [2.05, 4.69) is 32.3 Å². The minimum absolute atomic E-state index is 0.488. The maximum atomic E-state index is 5.98. The highest BCUT2D eigenvalue weighted by molar-refractivity contribution is 9.10. The minimum Gasteiger partial charge on any atom is -0.492 e. The first kappa shape index (κ1) is 14.5. The second-order valence-electron chi connectivity index (χ2n) is 6.35. The van der Waals surface area contributed by atoms with Gasteiger partial charge >= 0.3 is 0 Å². The van der Waals surface area contributed by atoms with E-state index in [4.69, 9.17) is 9.47 Å². The summed E-state index contributed by atoms with van der Waals surface area (Å²) in [5.74, 6) is 2.12. The molecule has 0 unspecified atom stereocenters. The van der Waals surface area contributed by atoms with Gasteiger partial charge in [0, 0.05) is 19.1 Å². The van der Waals surface area contributed by atoms with Crippen molar-refractivity contribution in [2.45, 2.75) is 32.2 Å². The molecule has 1 aromatic heterocycles. The molecule has 1 saturated carbocycles. The van der Waals surface area contributed by atoms with Crippen LogP contribution in [0.3, 0.4) is 0 Å². The first-order chi connectivity index (χ1) is 10.8. The summed E-state index contributed by atoms with van der Waals surface area (Å²) in [4.78, 5) is 0. The van der Waals surface area contributed by atoms with Gasteiger partial charge in [0.2, 0.25) is 0 Å². The lowest BCUT2D eigenvalue weighted by Crippen LogP contribution is -2.23. The van der Waals surface area contributed by atoms with Gasteiger partial charge in [-0.1, -0.05) is 5.21 Å². The molecule has 0 amide bonds. The lowest BCUT2D eigenvalue weighted by Gasteiger charge is -2.22. The number of hydrogen-bond donors (Lipinski definition) is 0. The third kappa shape index (κ3) is 2.99. The zero-order valence-corrected chi connectivity index (χ0v) is 14.1. The topological polar surface area (TPSA) is 49.2 Å². The monoisotopic (exact) mass is 365 g/mol. The predicted molar refractivity (Wildman–Crippen MR) is 87.0 cm³/mol. The predicted octanol–water partition coefficient (Wildman–Crippen LogP) is 3.41. The average Bonchev–Trinajstić information content (AvgIpc) is 3.27. The van der Waals surface area contributed by atoms with Crippen molar-refractivity contribution in [2.75, 3.05) is 19.8 Å². The number of halogens is 1. The van der Waals surface area contributed by atoms with Crippen LogP contribution in [0.1, 0.15) is 25.7 Å². The number of aromatic nitrogens is 3. The molecular weight excluding hydrogens is 346 g/mol. The van der Waals surface area contributed by atoms with Gasteiger partial charge in [-0.15, -0.1) is 5.10 Å². The maximum absolute atomic E-state index is 5.98. The first-order valence-corrected chi connectivity index (χ1v) is 8.83. The quantitative estimate of drug-likeness (QED) is 0.814. The molecule has 1 aromatic carbocycles. The molecular formula is C16H20BrN3O2. The summed E-state index contributed by atoms with van der Waals surface area (Å²) in [6.07, 6.45) is 4.93. The number of rotatable bonds is 5. The van der Waals surface area contributed by atoms with E-state index in [1.54, 1.807) is 0 Å². The van der Waals surface area contributed by atoms with Gasteiger partial charge < -0.3 is 9.47 Å². The van der Waals surface area contributed by atoms with Crippen LogP contribution >= 0.6 is 15.9 Å². The highest BCUT2D eigenvalue weighted by atomic mass is 79.9. The summed E-state index contributed by atoms with van der Waals surface area (Å²) >= 11 is 3.63. The molecule has 4 rings (SSSR count). The third-order valence-electron chi connectivity index (χ3n) is 4.45. The molecule has 2 heterocycles. The van der Waals surface area contributed by atoms with Gasteiger partial charge in [-0.25, -0.2) is 4.68 Å². The van der Waals surface area contributed by atoms with Crippen molar-refractivity contribution >= 4 is 27.0 Å². The average molecular weight is 366 g/mol. The van der Waals surface area contributed by atoms with Crippen LogP contribution in [0.5, 0.6) is 5.75 Å². The van der Waals surface area contributed by atoms with Crippen molar-refractivity contribution in [3.8, 4) is 5.75 Å². The minimum atomic E-state index is 0.488. The number of ether oxygens (including phenoxy) is 2. The molecule has 6 heteroatoms. The second-order valence-corrected chi connectivity index (χ2v) is 7.15. The molecule has 1 atom stereocenters. The van der Waals surface area contributed by atoms with Crippen molar-refractivity contribution in [1.82, 2.24) is 15.0 Å². The van der Waals surface area contributed by atoms with Crippen LogP contribution in [-0.2, 0) is 11.3 Å². The Kier molecular flexibility index (Phi) is 4.05. The van der Waals surface area contributed by atoms with Gasteiger partial charge in [-0.2, -0.15) is 0 Å². The zero-order valence-electron chi connectivity index (χ0n) is 12.5. The molecule has 1 aliphatic heterocycles. The standard InChI is InChI=1S/C16H20BrN3O2/c17-15-14(22-10-12-2-1-7-21-9-12)6-5-13-16(15)18-19-20(13)8-11-3-4-11/h5-6,11-12H,1-4,7-10H2/t12-/m1/s1. The molecule has 2 aliphatic rings. The maximum Gasteiger partial charge on any atom is 0.135 e. The fraction of sp³-hybridized carbons (Fsp3) is 0.625. The molecule has 0 radical (unpaired) electrons. The lowest BCUT2D eigenvalue weighted by molar-refractivity contribution is 0.0351. The van der Waals surface area contributed by atoms with Crippen LogP contribution in [0.2, 0.25) is 0 Å². The van der Waals surface area contributed by atoms with E-state index in [0.29, 0.717) is 12.5 Å². The third-order valence-corrected chi connectivity index (χ3v) is 5.21. The SMILES string of the molecule is Brc1c(OC[C@@H]2CCCOC2)ccc2c1nnn2CC1CC1. The van der Waals surface area contributed by atoms with E-state index in [9.17, 15) is 0 Å². The Bertz CT molecular complexity index is 663. The molecule has 1 saturated heterocycles. The van der Waals surface area contributed by atoms with Gasteiger partial charge in [0.25, 0.3) is 0 Å². The van der Waals surface area contributed by atoms with Crippen LogP contribution < -0.4 is 4.74 Å². The molecule has 2 aromatic rings. The molecule has 0 spiro atoms. The van der Waals surface area contributed by atoms with Crippen LogP contribution in [-0.4, -0.2) is 34.8 Å². The Labute approximate surface area is 138 Å². The number of nitrogens with zero attached hydrogens (tertiary/aromatic N) is 3. The Balaban J connectivity index is 1.50. The second kappa shape index (κ2) is 6.16. The Morgan fingerprint density at radius 1 is 1.27 bits per heavy atom. The molecule has 1 aliphatic carbocycles. The van der Waals surface area contributed by atoms with Crippen LogP contribution in [0.15, 0.2) is 16.6 Å². The summed E-state index contributed by atoms with van der Waals surface area (Å²) in [7, 11) is 0. The van der Waals surface area contributed by atoms with E-state index < -0.39 is 0 Å².